The van der Waals surface area contributed by atoms with Crippen LogP contribution in [0.3, 0.4) is 0 Å². The van der Waals surface area contributed by atoms with Crippen LogP contribution in [0.5, 0.6) is 5.75 Å². The molecular weight excluding hydrogens is 247 g/mol. The summed E-state index contributed by atoms with van der Waals surface area (Å²) < 4.78 is 20.6. The molecule has 0 aliphatic heterocycles. The predicted molar refractivity (Wildman–Crippen MR) is 69.7 cm³/mol. The van der Waals surface area contributed by atoms with Crippen molar-refractivity contribution < 1.29 is 14.2 Å². The van der Waals surface area contributed by atoms with Crippen LogP contribution in [0.4, 0.5) is 4.39 Å². The largest absolute Gasteiger partial charge is 0.497 e. The van der Waals surface area contributed by atoms with Crippen LogP contribution in [0.2, 0.25) is 0 Å². The summed E-state index contributed by atoms with van der Waals surface area (Å²) in [7, 11) is 3.27. The molecule has 1 unspecified atom stereocenters. The number of halogens is 1. The smallest absolute Gasteiger partial charge is 0.133 e. The molecular formula is C14H17FN2O2. The Balaban J connectivity index is 2.47. The van der Waals surface area contributed by atoms with E-state index in [-0.39, 0.29) is 5.56 Å². The minimum absolute atomic E-state index is 0.222. The Bertz CT molecular complexity index is 608. The van der Waals surface area contributed by atoms with Gasteiger partial charge in [0.05, 0.1) is 12.8 Å². The second kappa shape index (κ2) is 5.01. The van der Waals surface area contributed by atoms with Crippen LogP contribution < -0.4 is 4.74 Å². The SMILES string of the molecule is COc1ccc(C(O)c2c(C)nn(C)c2C)c(F)c1. The molecule has 0 spiro atoms. The quantitative estimate of drug-likeness (QED) is 0.925. The Labute approximate surface area is 111 Å². The van der Waals surface area contributed by atoms with E-state index < -0.39 is 11.9 Å². The number of rotatable bonds is 3. The van der Waals surface area contributed by atoms with Crippen molar-refractivity contribution in [3.8, 4) is 5.75 Å². The normalized spacial score (nSPS) is 12.5. The maximum Gasteiger partial charge on any atom is 0.133 e. The van der Waals surface area contributed by atoms with E-state index in [2.05, 4.69) is 5.10 Å². The van der Waals surface area contributed by atoms with Crippen molar-refractivity contribution in [3.63, 3.8) is 0 Å². The number of hydrogen-bond donors (Lipinski definition) is 1. The third kappa shape index (κ3) is 2.33. The first kappa shape index (κ1) is 13.5. The highest BCUT2D eigenvalue weighted by Crippen LogP contribution is 2.30. The molecule has 2 rings (SSSR count). The topological polar surface area (TPSA) is 47.3 Å². The molecule has 0 fully saturated rings. The van der Waals surface area contributed by atoms with Gasteiger partial charge in [0.25, 0.3) is 0 Å². The number of benzene rings is 1. The van der Waals surface area contributed by atoms with Gasteiger partial charge < -0.3 is 9.84 Å². The van der Waals surface area contributed by atoms with E-state index in [4.69, 9.17) is 4.74 Å². The lowest BCUT2D eigenvalue weighted by Gasteiger charge is -2.13. The molecule has 0 saturated carbocycles. The van der Waals surface area contributed by atoms with E-state index in [1.54, 1.807) is 24.7 Å². The molecule has 0 amide bonds. The summed E-state index contributed by atoms with van der Waals surface area (Å²) >= 11 is 0. The molecule has 1 atom stereocenters. The highest BCUT2D eigenvalue weighted by Gasteiger charge is 2.22. The summed E-state index contributed by atoms with van der Waals surface area (Å²) in [5, 5.41) is 14.6. The standard InChI is InChI=1S/C14H17FN2O2/c1-8-13(9(2)17(3)16-8)14(18)11-6-5-10(19-4)7-12(11)15/h5-7,14,18H,1-4H3. The maximum atomic E-state index is 14.0. The Morgan fingerprint density at radius 3 is 2.53 bits per heavy atom. The zero-order chi connectivity index (χ0) is 14.2. The summed E-state index contributed by atoms with van der Waals surface area (Å²) in [6.07, 6.45) is -1.03. The third-order valence-electron chi connectivity index (χ3n) is 3.34. The maximum absolute atomic E-state index is 14.0. The fourth-order valence-electron chi connectivity index (χ4n) is 2.20. The van der Waals surface area contributed by atoms with Crippen LogP contribution in [0.25, 0.3) is 0 Å². The van der Waals surface area contributed by atoms with E-state index in [1.807, 2.05) is 6.92 Å². The van der Waals surface area contributed by atoms with Crippen molar-refractivity contribution in [3.05, 3.63) is 46.5 Å². The fraction of sp³-hybridized carbons (Fsp3) is 0.357. The van der Waals surface area contributed by atoms with Crippen molar-refractivity contribution in [2.24, 2.45) is 7.05 Å². The van der Waals surface area contributed by atoms with Crippen LogP contribution in [0.1, 0.15) is 28.6 Å². The minimum Gasteiger partial charge on any atom is -0.497 e. The van der Waals surface area contributed by atoms with Gasteiger partial charge in [0.2, 0.25) is 0 Å². The van der Waals surface area contributed by atoms with E-state index in [9.17, 15) is 9.50 Å². The lowest BCUT2D eigenvalue weighted by atomic mass is 9.99. The Kier molecular flexibility index (Phi) is 3.57. The van der Waals surface area contributed by atoms with E-state index in [0.29, 0.717) is 17.0 Å². The number of hydrogen-bond acceptors (Lipinski definition) is 3. The molecule has 19 heavy (non-hydrogen) atoms. The lowest BCUT2D eigenvalue weighted by Crippen LogP contribution is -2.05. The first-order valence-electron chi connectivity index (χ1n) is 5.97. The Hall–Kier alpha value is -1.88. The van der Waals surface area contributed by atoms with Gasteiger partial charge in [-0.15, -0.1) is 0 Å². The van der Waals surface area contributed by atoms with Gasteiger partial charge in [0, 0.05) is 29.9 Å². The number of ether oxygens (including phenoxy) is 1. The van der Waals surface area contributed by atoms with E-state index in [1.165, 1.54) is 19.2 Å². The average molecular weight is 264 g/mol. The van der Waals surface area contributed by atoms with Gasteiger partial charge in [-0.05, 0) is 26.0 Å². The summed E-state index contributed by atoms with van der Waals surface area (Å²) in [4.78, 5) is 0. The van der Waals surface area contributed by atoms with Gasteiger partial charge >= 0.3 is 0 Å². The average Bonchev–Trinajstić information content (AvgIpc) is 2.62. The van der Waals surface area contributed by atoms with Crippen molar-refractivity contribution in [2.45, 2.75) is 20.0 Å². The molecule has 0 radical (unpaired) electrons. The monoisotopic (exact) mass is 264 g/mol. The van der Waals surface area contributed by atoms with Gasteiger partial charge in [-0.25, -0.2) is 4.39 Å². The van der Waals surface area contributed by atoms with Crippen molar-refractivity contribution >= 4 is 0 Å². The molecule has 0 bridgehead atoms. The van der Waals surface area contributed by atoms with E-state index >= 15 is 0 Å². The second-order valence-corrected chi connectivity index (χ2v) is 4.50. The molecule has 1 N–H and O–H groups in total. The lowest BCUT2D eigenvalue weighted by molar-refractivity contribution is 0.213. The molecule has 1 aromatic heterocycles. The summed E-state index contributed by atoms with van der Waals surface area (Å²) in [5.74, 6) is -0.0671. The van der Waals surface area contributed by atoms with Gasteiger partial charge in [-0.1, -0.05) is 0 Å². The Morgan fingerprint density at radius 2 is 2.05 bits per heavy atom. The molecule has 4 nitrogen and oxygen atoms in total. The van der Waals surface area contributed by atoms with Crippen LogP contribution in [-0.2, 0) is 7.05 Å². The highest BCUT2D eigenvalue weighted by molar-refractivity contribution is 5.38. The highest BCUT2D eigenvalue weighted by atomic mass is 19.1. The molecule has 1 heterocycles. The minimum atomic E-state index is -1.03. The number of methoxy groups -OCH3 is 1. The number of aliphatic hydroxyl groups excluding tert-OH is 1. The van der Waals surface area contributed by atoms with Crippen molar-refractivity contribution in [1.29, 1.82) is 0 Å². The number of aliphatic hydroxyl groups is 1. The molecule has 1 aromatic carbocycles. The zero-order valence-electron chi connectivity index (χ0n) is 11.4. The van der Waals surface area contributed by atoms with Gasteiger partial charge in [-0.2, -0.15) is 5.10 Å². The van der Waals surface area contributed by atoms with Crippen LogP contribution in [0.15, 0.2) is 18.2 Å². The predicted octanol–water partition coefficient (Wildman–Crippen LogP) is 2.27. The van der Waals surface area contributed by atoms with E-state index in [0.717, 1.165) is 5.69 Å². The number of nitrogens with zero attached hydrogens (tertiary/aromatic N) is 2. The fourth-order valence-corrected chi connectivity index (χ4v) is 2.20. The van der Waals surface area contributed by atoms with Crippen molar-refractivity contribution in [2.75, 3.05) is 7.11 Å². The Morgan fingerprint density at radius 1 is 1.37 bits per heavy atom. The molecule has 0 saturated heterocycles. The zero-order valence-corrected chi connectivity index (χ0v) is 11.4. The van der Waals surface area contributed by atoms with Crippen LogP contribution in [-0.4, -0.2) is 22.0 Å². The van der Waals surface area contributed by atoms with Gasteiger partial charge in [0.15, 0.2) is 0 Å². The molecule has 2 aromatic rings. The first-order chi connectivity index (χ1) is 8.95. The first-order valence-corrected chi connectivity index (χ1v) is 5.97. The molecule has 0 aliphatic rings. The van der Waals surface area contributed by atoms with Gasteiger partial charge in [0.1, 0.15) is 17.7 Å². The number of aryl methyl sites for hydroxylation is 2. The third-order valence-corrected chi connectivity index (χ3v) is 3.34. The molecule has 102 valence electrons. The summed E-state index contributed by atoms with van der Waals surface area (Å²) in [6, 6.07) is 4.42. The molecule has 5 heteroatoms. The van der Waals surface area contributed by atoms with Crippen LogP contribution >= 0.6 is 0 Å². The second-order valence-electron chi connectivity index (χ2n) is 4.50. The van der Waals surface area contributed by atoms with Crippen LogP contribution in [0, 0.1) is 19.7 Å². The molecule has 0 aliphatic carbocycles. The summed E-state index contributed by atoms with van der Waals surface area (Å²) in [5.41, 5.74) is 2.38. The summed E-state index contributed by atoms with van der Waals surface area (Å²) in [6.45, 7) is 3.65. The number of aromatic nitrogens is 2. The van der Waals surface area contributed by atoms with Gasteiger partial charge in [-0.3, -0.25) is 4.68 Å². The van der Waals surface area contributed by atoms with Crippen molar-refractivity contribution in [1.82, 2.24) is 9.78 Å².